The molecule has 0 aliphatic carbocycles. The largest absolute Gasteiger partial charge is 0.457 e. The highest BCUT2D eigenvalue weighted by Crippen LogP contribution is 2.07. The van der Waals surface area contributed by atoms with Crippen LogP contribution in [0.2, 0.25) is 0 Å². The van der Waals surface area contributed by atoms with E-state index in [0.29, 0.717) is 6.61 Å². The Morgan fingerprint density at radius 2 is 1.47 bits per heavy atom. The van der Waals surface area contributed by atoms with Crippen molar-refractivity contribution in [3.63, 3.8) is 0 Å². The van der Waals surface area contributed by atoms with Gasteiger partial charge in [-0.1, -0.05) is 32.1 Å². The van der Waals surface area contributed by atoms with Crippen LogP contribution in [-0.4, -0.2) is 33.1 Å². The normalized spacial score (nSPS) is 12.4. The van der Waals surface area contributed by atoms with E-state index in [0.717, 1.165) is 25.9 Å². The summed E-state index contributed by atoms with van der Waals surface area (Å²) in [5.74, 6) is 0. The van der Waals surface area contributed by atoms with Crippen LogP contribution in [0.15, 0.2) is 0 Å². The number of hydrogen-bond donors (Lipinski definition) is 0. The minimum Gasteiger partial charge on any atom is -0.457 e. The van der Waals surface area contributed by atoms with E-state index in [1.807, 2.05) is 6.92 Å². The van der Waals surface area contributed by atoms with E-state index in [1.165, 1.54) is 32.2 Å². The first-order chi connectivity index (χ1) is 8.31. The third-order valence-corrected chi connectivity index (χ3v) is 2.63. The standard InChI is InChI=1S/C13H25O4/c1-13(15-2)17-11-9-7-5-3-4-6-8-10-16-12-14/h13H,3-11H2,1-2H3. The van der Waals surface area contributed by atoms with Crippen LogP contribution in [0.5, 0.6) is 0 Å². The highest BCUT2D eigenvalue weighted by atomic mass is 16.7. The zero-order valence-corrected chi connectivity index (χ0v) is 11.1. The van der Waals surface area contributed by atoms with Gasteiger partial charge in [-0.2, -0.15) is 0 Å². The molecule has 4 heteroatoms. The molecule has 4 nitrogen and oxygen atoms in total. The van der Waals surface area contributed by atoms with E-state index in [4.69, 9.17) is 9.47 Å². The molecule has 0 N–H and O–H groups in total. The van der Waals surface area contributed by atoms with Gasteiger partial charge in [0.1, 0.15) is 0 Å². The molecule has 0 aromatic rings. The van der Waals surface area contributed by atoms with Gasteiger partial charge in [0.05, 0.1) is 6.61 Å². The van der Waals surface area contributed by atoms with Crippen molar-refractivity contribution in [2.75, 3.05) is 20.3 Å². The summed E-state index contributed by atoms with van der Waals surface area (Å²) in [5, 5.41) is 0. The number of ether oxygens (including phenoxy) is 3. The molecule has 0 fully saturated rings. The second-order valence-corrected chi connectivity index (χ2v) is 4.08. The summed E-state index contributed by atoms with van der Waals surface area (Å²) in [4.78, 5) is 9.74. The van der Waals surface area contributed by atoms with Crippen LogP contribution in [0.3, 0.4) is 0 Å². The number of carbonyl (C=O) groups excluding carboxylic acids is 1. The molecular weight excluding hydrogens is 220 g/mol. The van der Waals surface area contributed by atoms with Gasteiger partial charge < -0.3 is 14.2 Å². The smallest absolute Gasteiger partial charge is 0.417 e. The van der Waals surface area contributed by atoms with Gasteiger partial charge in [-0.3, -0.25) is 0 Å². The van der Waals surface area contributed by atoms with Crippen LogP contribution in [0, 0.1) is 0 Å². The Morgan fingerprint density at radius 1 is 0.941 bits per heavy atom. The lowest BCUT2D eigenvalue weighted by molar-refractivity contribution is -0.111. The van der Waals surface area contributed by atoms with Crippen LogP contribution < -0.4 is 0 Å². The summed E-state index contributed by atoms with van der Waals surface area (Å²) < 4.78 is 14.9. The number of hydrogen-bond acceptors (Lipinski definition) is 4. The Labute approximate surface area is 105 Å². The van der Waals surface area contributed by atoms with Crippen molar-refractivity contribution in [1.29, 1.82) is 0 Å². The molecule has 0 aliphatic heterocycles. The van der Waals surface area contributed by atoms with Gasteiger partial charge in [0.15, 0.2) is 6.29 Å². The lowest BCUT2D eigenvalue weighted by atomic mass is 10.1. The van der Waals surface area contributed by atoms with E-state index in [1.54, 1.807) is 7.11 Å². The zero-order chi connectivity index (χ0) is 12.8. The van der Waals surface area contributed by atoms with Crippen LogP contribution >= 0.6 is 0 Å². The first-order valence-corrected chi connectivity index (χ1v) is 6.44. The summed E-state index contributed by atoms with van der Waals surface area (Å²) in [6, 6.07) is 0. The molecule has 0 amide bonds. The van der Waals surface area contributed by atoms with Crippen molar-refractivity contribution >= 4 is 6.47 Å². The van der Waals surface area contributed by atoms with E-state index in [9.17, 15) is 4.79 Å². The number of unbranched alkanes of at least 4 members (excludes halogenated alkanes) is 6. The molecule has 17 heavy (non-hydrogen) atoms. The summed E-state index contributed by atoms with van der Waals surface area (Å²) in [6.07, 6.45) is 7.96. The van der Waals surface area contributed by atoms with Crippen molar-refractivity contribution in [3.05, 3.63) is 0 Å². The summed E-state index contributed by atoms with van der Waals surface area (Å²) in [7, 11) is 1.65. The second kappa shape index (κ2) is 13.5. The van der Waals surface area contributed by atoms with Gasteiger partial charge >= 0.3 is 6.47 Å². The van der Waals surface area contributed by atoms with Gasteiger partial charge in [0, 0.05) is 13.7 Å². The quantitative estimate of drug-likeness (QED) is 0.370. The Morgan fingerprint density at radius 3 is 2.00 bits per heavy atom. The van der Waals surface area contributed by atoms with Crippen LogP contribution in [0.1, 0.15) is 51.9 Å². The predicted octanol–water partition coefficient (Wildman–Crippen LogP) is 2.81. The zero-order valence-electron chi connectivity index (χ0n) is 11.1. The second-order valence-electron chi connectivity index (χ2n) is 4.08. The predicted molar refractivity (Wildman–Crippen MR) is 66.4 cm³/mol. The molecule has 1 radical (unpaired) electrons. The van der Waals surface area contributed by atoms with E-state index in [2.05, 4.69) is 4.74 Å². The fourth-order valence-electron chi connectivity index (χ4n) is 1.52. The number of methoxy groups -OCH3 is 1. The SMILES string of the molecule is COC(C)OCCCCCCCCCO[C]=O. The molecule has 0 aromatic carbocycles. The average Bonchev–Trinajstić information content (AvgIpc) is 2.35. The topological polar surface area (TPSA) is 44.8 Å². The van der Waals surface area contributed by atoms with Crippen molar-refractivity contribution in [3.8, 4) is 0 Å². The lowest BCUT2D eigenvalue weighted by Gasteiger charge is -2.10. The molecular formula is C13H25O4. The maximum atomic E-state index is 9.74. The minimum absolute atomic E-state index is 0.0929. The van der Waals surface area contributed by atoms with E-state index in [-0.39, 0.29) is 6.29 Å². The molecule has 0 rings (SSSR count). The van der Waals surface area contributed by atoms with Gasteiger partial charge in [-0.15, -0.1) is 0 Å². The highest BCUT2D eigenvalue weighted by Gasteiger charge is 1.97. The maximum absolute atomic E-state index is 9.74. The summed E-state index contributed by atoms with van der Waals surface area (Å²) in [5.41, 5.74) is 0. The van der Waals surface area contributed by atoms with E-state index < -0.39 is 0 Å². The third-order valence-electron chi connectivity index (χ3n) is 2.63. The first kappa shape index (κ1) is 16.4. The fraction of sp³-hybridized carbons (Fsp3) is 0.923. The Bertz CT molecular complexity index is 161. The fourth-order valence-corrected chi connectivity index (χ4v) is 1.52. The van der Waals surface area contributed by atoms with Gasteiger partial charge in [0.25, 0.3) is 0 Å². The van der Waals surface area contributed by atoms with Crippen LogP contribution in [0.25, 0.3) is 0 Å². The molecule has 1 unspecified atom stereocenters. The van der Waals surface area contributed by atoms with Crippen LogP contribution in [-0.2, 0) is 19.0 Å². The first-order valence-electron chi connectivity index (χ1n) is 6.44. The molecule has 0 saturated carbocycles. The van der Waals surface area contributed by atoms with Crippen LogP contribution in [0.4, 0.5) is 0 Å². The van der Waals surface area contributed by atoms with E-state index >= 15 is 0 Å². The maximum Gasteiger partial charge on any atom is 0.417 e. The molecule has 1 atom stereocenters. The minimum atomic E-state index is -0.0929. The van der Waals surface area contributed by atoms with Gasteiger partial charge in [0.2, 0.25) is 0 Å². The summed E-state index contributed by atoms with van der Waals surface area (Å²) in [6.45, 7) is 4.62. The molecule has 0 heterocycles. The Hall–Kier alpha value is -0.610. The third kappa shape index (κ3) is 13.3. The molecule has 0 bridgehead atoms. The lowest BCUT2D eigenvalue weighted by Crippen LogP contribution is -2.10. The Balaban J connectivity index is 2.96. The molecule has 0 saturated heterocycles. The molecule has 101 valence electrons. The van der Waals surface area contributed by atoms with Gasteiger partial charge in [-0.25, -0.2) is 4.79 Å². The van der Waals surface area contributed by atoms with Crippen molar-refractivity contribution < 1.29 is 19.0 Å². The number of rotatable bonds is 13. The van der Waals surface area contributed by atoms with Crippen molar-refractivity contribution in [2.24, 2.45) is 0 Å². The van der Waals surface area contributed by atoms with Gasteiger partial charge in [-0.05, 0) is 19.8 Å². The van der Waals surface area contributed by atoms with Crippen molar-refractivity contribution in [1.82, 2.24) is 0 Å². The average molecular weight is 245 g/mol. The summed E-state index contributed by atoms with van der Waals surface area (Å²) >= 11 is 0. The Kier molecular flexibility index (Phi) is 13.0. The highest BCUT2D eigenvalue weighted by molar-refractivity contribution is 5.37. The molecule has 0 aromatic heterocycles. The molecule has 0 spiro atoms. The van der Waals surface area contributed by atoms with Crippen molar-refractivity contribution in [2.45, 2.75) is 58.2 Å². The molecule has 0 aliphatic rings. The monoisotopic (exact) mass is 245 g/mol.